The molecule has 2 rings (SSSR count). The summed E-state index contributed by atoms with van der Waals surface area (Å²) in [5, 5.41) is 2.57. The maximum Gasteiger partial charge on any atom is 0.242 e. The minimum atomic E-state index is -0.203. The summed E-state index contributed by atoms with van der Waals surface area (Å²) in [6.07, 6.45) is 3.49. The van der Waals surface area contributed by atoms with Gasteiger partial charge >= 0.3 is 0 Å². The number of amides is 2. The molecule has 0 fully saturated rings. The van der Waals surface area contributed by atoms with Crippen LogP contribution in [0.15, 0.2) is 54.7 Å². The molecule has 2 aromatic rings. The summed E-state index contributed by atoms with van der Waals surface area (Å²) in [6, 6.07) is 15.9. The molecule has 0 radical (unpaired) electrons. The van der Waals surface area contributed by atoms with Crippen LogP contribution in [0.1, 0.15) is 24.6 Å². The molecule has 1 aromatic heterocycles. The van der Waals surface area contributed by atoms with Crippen LogP contribution in [0, 0.1) is 0 Å². The molecule has 1 heterocycles. The Morgan fingerprint density at radius 2 is 1.83 bits per heavy atom. The molecule has 0 aliphatic heterocycles. The lowest BCUT2D eigenvalue weighted by atomic mass is 10.1. The number of nitrogens with zero attached hydrogens (tertiary/aromatic N) is 2. The standard InChI is InChI=1S/C19H23N3O2/c1-16(23)21-14-19(24)22(15-18-11-5-6-12-20-18)13-7-10-17-8-3-2-4-9-17/h2-6,8-9,11-12H,7,10,13-15H2,1H3,(H,21,23). The molecular formula is C19H23N3O2. The third kappa shape index (κ3) is 6.20. The maximum absolute atomic E-state index is 12.4. The summed E-state index contributed by atoms with van der Waals surface area (Å²) >= 11 is 0. The lowest BCUT2D eigenvalue weighted by Crippen LogP contribution is -2.40. The van der Waals surface area contributed by atoms with Gasteiger partial charge < -0.3 is 10.2 Å². The quantitative estimate of drug-likeness (QED) is 0.809. The van der Waals surface area contributed by atoms with Gasteiger partial charge in [0.25, 0.3) is 0 Å². The highest BCUT2D eigenvalue weighted by Gasteiger charge is 2.14. The molecule has 0 saturated heterocycles. The van der Waals surface area contributed by atoms with E-state index in [-0.39, 0.29) is 18.4 Å². The first-order chi connectivity index (χ1) is 11.6. The molecule has 5 nitrogen and oxygen atoms in total. The zero-order chi connectivity index (χ0) is 17.2. The third-order valence-corrected chi connectivity index (χ3v) is 3.66. The molecule has 5 heteroatoms. The van der Waals surface area contributed by atoms with Gasteiger partial charge in [-0.3, -0.25) is 14.6 Å². The molecule has 126 valence electrons. The van der Waals surface area contributed by atoms with E-state index >= 15 is 0 Å². The topological polar surface area (TPSA) is 62.3 Å². The molecule has 0 aliphatic rings. The Hall–Kier alpha value is -2.69. The lowest BCUT2D eigenvalue weighted by Gasteiger charge is -2.22. The predicted molar refractivity (Wildman–Crippen MR) is 93.1 cm³/mol. The van der Waals surface area contributed by atoms with Gasteiger partial charge in [0, 0.05) is 19.7 Å². The van der Waals surface area contributed by atoms with Crippen molar-refractivity contribution in [1.29, 1.82) is 0 Å². The Labute approximate surface area is 142 Å². The molecule has 0 saturated carbocycles. The van der Waals surface area contributed by atoms with E-state index in [2.05, 4.69) is 22.4 Å². The van der Waals surface area contributed by atoms with Crippen molar-refractivity contribution in [2.24, 2.45) is 0 Å². The van der Waals surface area contributed by atoms with Gasteiger partial charge in [0.15, 0.2) is 0 Å². The molecule has 2 amide bonds. The van der Waals surface area contributed by atoms with Gasteiger partial charge in [-0.15, -0.1) is 0 Å². The number of nitrogens with one attached hydrogen (secondary N) is 1. The normalized spacial score (nSPS) is 10.2. The first kappa shape index (κ1) is 17.7. The van der Waals surface area contributed by atoms with Crippen LogP contribution in [0.25, 0.3) is 0 Å². The highest BCUT2D eigenvalue weighted by Crippen LogP contribution is 2.07. The van der Waals surface area contributed by atoms with Gasteiger partial charge in [-0.2, -0.15) is 0 Å². The number of benzene rings is 1. The monoisotopic (exact) mass is 325 g/mol. The summed E-state index contributed by atoms with van der Waals surface area (Å²) in [4.78, 5) is 29.4. The van der Waals surface area contributed by atoms with Crippen molar-refractivity contribution >= 4 is 11.8 Å². The fraction of sp³-hybridized carbons (Fsp3) is 0.316. The van der Waals surface area contributed by atoms with Crippen LogP contribution in [0.4, 0.5) is 0 Å². The minimum absolute atomic E-state index is 0.0213. The minimum Gasteiger partial charge on any atom is -0.347 e. The van der Waals surface area contributed by atoms with E-state index < -0.39 is 0 Å². The van der Waals surface area contributed by atoms with Gasteiger partial charge in [0.05, 0.1) is 18.8 Å². The van der Waals surface area contributed by atoms with Gasteiger partial charge in [0.1, 0.15) is 0 Å². The zero-order valence-electron chi connectivity index (χ0n) is 13.9. The van der Waals surface area contributed by atoms with Crippen LogP contribution in [0.5, 0.6) is 0 Å². The van der Waals surface area contributed by atoms with E-state index in [4.69, 9.17) is 0 Å². The fourth-order valence-electron chi connectivity index (χ4n) is 2.41. The molecule has 24 heavy (non-hydrogen) atoms. The van der Waals surface area contributed by atoms with Crippen LogP contribution in [0.2, 0.25) is 0 Å². The number of pyridine rings is 1. The van der Waals surface area contributed by atoms with E-state index in [0.717, 1.165) is 18.5 Å². The summed E-state index contributed by atoms with van der Waals surface area (Å²) in [5.74, 6) is -0.297. The number of hydrogen-bond donors (Lipinski definition) is 1. The van der Waals surface area contributed by atoms with E-state index in [9.17, 15) is 9.59 Å². The maximum atomic E-state index is 12.4. The molecule has 1 aromatic carbocycles. The Balaban J connectivity index is 1.93. The molecule has 0 atom stereocenters. The fourth-order valence-corrected chi connectivity index (χ4v) is 2.41. The number of aromatic nitrogens is 1. The number of aryl methyl sites for hydroxylation is 1. The van der Waals surface area contributed by atoms with Crippen LogP contribution in [0.3, 0.4) is 0 Å². The second-order valence-electron chi connectivity index (χ2n) is 5.64. The number of carbonyl (C=O) groups excluding carboxylic acids is 2. The molecule has 0 aliphatic carbocycles. The van der Waals surface area contributed by atoms with Crippen molar-refractivity contribution in [3.63, 3.8) is 0 Å². The summed E-state index contributed by atoms with van der Waals surface area (Å²) in [6.45, 7) is 2.51. The van der Waals surface area contributed by atoms with Crippen LogP contribution < -0.4 is 5.32 Å². The van der Waals surface area contributed by atoms with Gasteiger partial charge in [-0.1, -0.05) is 36.4 Å². The number of carbonyl (C=O) groups is 2. The van der Waals surface area contributed by atoms with Crippen molar-refractivity contribution in [2.45, 2.75) is 26.3 Å². The third-order valence-electron chi connectivity index (χ3n) is 3.66. The van der Waals surface area contributed by atoms with Gasteiger partial charge in [0.2, 0.25) is 11.8 Å². The van der Waals surface area contributed by atoms with Crippen molar-refractivity contribution in [3.05, 3.63) is 66.0 Å². The SMILES string of the molecule is CC(=O)NCC(=O)N(CCCc1ccccc1)Cc1ccccn1. The first-order valence-corrected chi connectivity index (χ1v) is 8.11. The van der Waals surface area contributed by atoms with Crippen LogP contribution in [-0.4, -0.2) is 34.8 Å². The van der Waals surface area contributed by atoms with Gasteiger partial charge in [-0.05, 0) is 30.5 Å². The average Bonchev–Trinajstić information content (AvgIpc) is 2.60. The van der Waals surface area contributed by atoms with Crippen molar-refractivity contribution in [2.75, 3.05) is 13.1 Å². The van der Waals surface area contributed by atoms with E-state index in [1.807, 2.05) is 36.4 Å². The lowest BCUT2D eigenvalue weighted by molar-refractivity contribution is -0.133. The van der Waals surface area contributed by atoms with E-state index in [1.165, 1.54) is 12.5 Å². The van der Waals surface area contributed by atoms with Gasteiger partial charge in [-0.25, -0.2) is 0 Å². The summed E-state index contributed by atoms with van der Waals surface area (Å²) < 4.78 is 0. The summed E-state index contributed by atoms with van der Waals surface area (Å²) in [7, 11) is 0. The van der Waals surface area contributed by atoms with Crippen molar-refractivity contribution in [3.8, 4) is 0 Å². The van der Waals surface area contributed by atoms with E-state index in [0.29, 0.717) is 13.1 Å². The Kier molecular flexibility index (Phi) is 6.95. The average molecular weight is 325 g/mol. The predicted octanol–water partition coefficient (Wildman–Crippen LogP) is 2.18. The van der Waals surface area contributed by atoms with Crippen LogP contribution in [-0.2, 0) is 22.6 Å². The molecule has 1 N–H and O–H groups in total. The Bertz CT molecular complexity index is 644. The van der Waals surface area contributed by atoms with E-state index in [1.54, 1.807) is 11.1 Å². The molecule has 0 spiro atoms. The molecule has 0 unspecified atom stereocenters. The number of hydrogen-bond acceptors (Lipinski definition) is 3. The largest absolute Gasteiger partial charge is 0.347 e. The highest BCUT2D eigenvalue weighted by atomic mass is 16.2. The Morgan fingerprint density at radius 3 is 2.50 bits per heavy atom. The molecular weight excluding hydrogens is 302 g/mol. The number of rotatable bonds is 8. The smallest absolute Gasteiger partial charge is 0.242 e. The highest BCUT2D eigenvalue weighted by molar-refractivity contribution is 5.83. The first-order valence-electron chi connectivity index (χ1n) is 8.11. The second-order valence-corrected chi connectivity index (χ2v) is 5.64. The second kappa shape index (κ2) is 9.45. The zero-order valence-corrected chi connectivity index (χ0v) is 13.9. The summed E-state index contributed by atoms with van der Waals surface area (Å²) in [5.41, 5.74) is 2.10. The van der Waals surface area contributed by atoms with Crippen molar-refractivity contribution in [1.82, 2.24) is 15.2 Å². The van der Waals surface area contributed by atoms with Crippen molar-refractivity contribution < 1.29 is 9.59 Å². The Morgan fingerprint density at radius 1 is 1.08 bits per heavy atom. The molecule has 0 bridgehead atoms. The van der Waals surface area contributed by atoms with Crippen LogP contribution >= 0.6 is 0 Å².